The summed E-state index contributed by atoms with van der Waals surface area (Å²) in [5, 5.41) is 0. The van der Waals surface area contributed by atoms with Gasteiger partial charge >= 0.3 is 25.7 Å². The third kappa shape index (κ3) is 11.6. The number of rotatable bonds is 0. The van der Waals surface area contributed by atoms with Gasteiger partial charge in [-0.3, -0.25) is 0 Å². The Bertz CT molecular complexity index is 27.0. The molecule has 0 atom stereocenters. The second kappa shape index (κ2) is 8.96. The first kappa shape index (κ1) is 8.91. The third-order valence-electron chi connectivity index (χ3n) is 0. The van der Waals surface area contributed by atoms with Crippen molar-refractivity contribution in [2.24, 2.45) is 0 Å². The molecule has 0 aromatic carbocycles. The SMILES string of the molecule is [Au].[O]=[Ti]=[O]. The molecular weight excluding hydrogens is 277 g/mol. The fourth-order valence-electron chi connectivity index (χ4n) is 0. The van der Waals surface area contributed by atoms with E-state index in [9.17, 15) is 0 Å². The van der Waals surface area contributed by atoms with Gasteiger partial charge < -0.3 is 0 Å². The summed E-state index contributed by atoms with van der Waals surface area (Å²) in [6.45, 7) is 0. The van der Waals surface area contributed by atoms with E-state index in [1.54, 1.807) is 0 Å². The van der Waals surface area contributed by atoms with Gasteiger partial charge in [0.25, 0.3) is 0 Å². The van der Waals surface area contributed by atoms with E-state index in [1.165, 1.54) is 0 Å². The third-order valence-corrected chi connectivity index (χ3v) is 0. The molecule has 0 aliphatic rings. The Kier molecular flexibility index (Phi) is 20.0. The minimum atomic E-state index is -2.00. The van der Waals surface area contributed by atoms with Crippen molar-refractivity contribution in [2.75, 3.05) is 0 Å². The average Bonchev–Trinajstić information content (AvgIpc) is 0.918. The van der Waals surface area contributed by atoms with Gasteiger partial charge in [0.05, 0.1) is 0 Å². The van der Waals surface area contributed by atoms with Gasteiger partial charge in [0.2, 0.25) is 0 Å². The zero-order valence-electron chi connectivity index (χ0n) is 1.62. The van der Waals surface area contributed by atoms with Crippen LogP contribution in [0.3, 0.4) is 0 Å². The summed E-state index contributed by atoms with van der Waals surface area (Å²) in [5.74, 6) is 0. The van der Waals surface area contributed by atoms with Crippen LogP contribution in [0.15, 0.2) is 0 Å². The molecule has 0 aromatic rings. The second-order valence-corrected chi connectivity index (χ2v) is 0.344. The molecule has 0 fully saturated rings. The van der Waals surface area contributed by atoms with Gasteiger partial charge in [0, 0.05) is 22.4 Å². The Balaban J connectivity index is 0. The summed E-state index contributed by atoms with van der Waals surface area (Å²) in [4.78, 5) is 0. The van der Waals surface area contributed by atoms with Crippen molar-refractivity contribution in [3.05, 3.63) is 0 Å². The van der Waals surface area contributed by atoms with Crippen LogP contribution in [0.1, 0.15) is 0 Å². The molecule has 4 heavy (non-hydrogen) atoms. The van der Waals surface area contributed by atoms with Gasteiger partial charge in [-0.25, -0.2) is 0 Å². The van der Waals surface area contributed by atoms with Gasteiger partial charge in [-0.1, -0.05) is 0 Å². The van der Waals surface area contributed by atoms with E-state index in [0.29, 0.717) is 0 Å². The molecule has 4 heteroatoms. The molecule has 0 aliphatic heterocycles. The standard InChI is InChI=1S/Au.2O.Ti. The Morgan fingerprint density at radius 3 is 1.25 bits per heavy atom. The fourth-order valence-corrected chi connectivity index (χ4v) is 0. The van der Waals surface area contributed by atoms with Gasteiger partial charge in [0.15, 0.2) is 0 Å². The van der Waals surface area contributed by atoms with Crippen LogP contribution >= 0.6 is 0 Å². The van der Waals surface area contributed by atoms with E-state index in [-0.39, 0.29) is 22.4 Å². The van der Waals surface area contributed by atoms with Gasteiger partial charge in [-0.2, -0.15) is 0 Å². The summed E-state index contributed by atoms with van der Waals surface area (Å²) >= 11 is -2.00. The van der Waals surface area contributed by atoms with E-state index >= 15 is 0 Å². The van der Waals surface area contributed by atoms with Crippen molar-refractivity contribution in [2.45, 2.75) is 0 Å². The van der Waals surface area contributed by atoms with Crippen molar-refractivity contribution in [3.63, 3.8) is 0 Å². The maximum atomic E-state index is 8.50. The fraction of sp³-hybridized carbons (Fsp3) is 0. The van der Waals surface area contributed by atoms with Crippen LogP contribution in [0.4, 0.5) is 0 Å². The molecule has 0 spiro atoms. The molecule has 0 rings (SSSR count). The van der Waals surface area contributed by atoms with Crippen molar-refractivity contribution >= 4 is 0 Å². The van der Waals surface area contributed by atoms with E-state index in [4.69, 9.17) is 6.65 Å². The first-order chi connectivity index (χ1) is 1.41. The molecule has 0 amide bonds. The summed E-state index contributed by atoms with van der Waals surface area (Å²) < 4.78 is 17.0. The van der Waals surface area contributed by atoms with E-state index in [2.05, 4.69) is 0 Å². The van der Waals surface area contributed by atoms with Crippen LogP contribution in [0.2, 0.25) is 0 Å². The molecule has 27 valence electrons. The van der Waals surface area contributed by atoms with Crippen LogP contribution < -0.4 is 0 Å². The molecule has 0 aromatic heterocycles. The van der Waals surface area contributed by atoms with Gasteiger partial charge in [-0.05, 0) is 0 Å². The predicted molar refractivity (Wildman–Crippen MR) is 1.37 cm³/mol. The minimum absolute atomic E-state index is 0. The van der Waals surface area contributed by atoms with Crippen molar-refractivity contribution in [1.29, 1.82) is 0 Å². The van der Waals surface area contributed by atoms with E-state index < -0.39 is 19.1 Å². The Hall–Kier alpha value is 1.05. The van der Waals surface area contributed by atoms with E-state index in [0.717, 1.165) is 0 Å². The zero-order valence-corrected chi connectivity index (χ0v) is 5.35. The monoisotopic (exact) mass is 277 g/mol. The van der Waals surface area contributed by atoms with Crippen LogP contribution in [-0.2, 0) is 48.1 Å². The average molecular weight is 277 g/mol. The van der Waals surface area contributed by atoms with Gasteiger partial charge in [-0.15, -0.1) is 0 Å². The van der Waals surface area contributed by atoms with Gasteiger partial charge in [0.1, 0.15) is 0 Å². The van der Waals surface area contributed by atoms with Crippen molar-refractivity contribution in [1.82, 2.24) is 0 Å². The molecular formula is AuO2Ti. The number of hydrogen-bond acceptors (Lipinski definition) is 2. The summed E-state index contributed by atoms with van der Waals surface area (Å²) in [7, 11) is 0. The topological polar surface area (TPSA) is 34.1 Å². The summed E-state index contributed by atoms with van der Waals surface area (Å²) in [5.41, 5.74) is 0. The molecule has 2 nitrogen and oxygen atoms in total. The zero-order chi connectivity index (χ0) is 2.71. The molecule has 0 saturated carbocycles. The van der Waals surface area contributed by atoms with Crippen molar-refractivity contribution in [3.8, 4) is 0 Å². The molecule has 0 aliphatic carbocycles. The molecule has 0 heterocycles. The molecule has 0 saturated heterocycles. The van der Waals surface area contributed by atoms with Crippen LogP contribution in [0, 0.1) is 0 Å². The van der Waals surface area contributed by atoms with Crippen LogP contribution in [0.5, 0.6) is 0 Å². The molecule has 0 bridgehead atoms. The Labute approximate surface area is 48.0 Å². The second-order valence-electron chi connectivity index (χ2n) is 0.0833. The first-order valence-corrected chi connectivity index (χ1v) is 1.68. The van der Waals surface area contributed by atoms with E-state index in [1.807, 2.05) is 0 Å². The normalized spacial score (nSPS) is 2.00. The summed E-state index contributed by atoms with van der Waals surface area (Å²) in [6.07, 6.45) is 0. The van der Waals surface area contributed by atoms with Crippen molar-refractivity contribution < 1.29 is 48.1 Å². The molecule has 0 N–H and O–H groups in total. The van der Waals surface area contributed by atoms with Crippen LogP contribution in [-0.4, -0.2) is 0 Å². The number of hydrogen-bond donors (Lipinski definition) is 0. The maximum absolute atomic E-state index is 8.50. The summed E-state index contributed by atoms with van der Waals surface area (Å²) in [6, 6.07) is 0. The predicted octanol–water partition coefficient (Wildman–Crippen LogP) is -0.243. The quantitative estimate of drug-likeness (QED) is 0.572. The first-order valence-electron chi connectivity index (χ1n) is 0.408. The molecule has 0 unspecified atom stereocenters. The van der Waals surface area contributed by atoms with Crippen LogP contribution in [0.25, 0.3) is 0 Å². The molecule has 1 radical (unpaired) electrons. The Morgan fingerprint density at radius 1 is 1.25 bits per heavy atom. The Morgan fingerprint density at radius 2 is 1.25 bits per heavy atom.